The zero-order valence-corrected chi connectivity index (χ0v) is 12.1. The number of hydrogen-bond donors (Lipinski definition) is 1. The molecule has 4 nitrogen and oxygen atoms in total. The molecule has 0 fully saturated rings. The quantitative estimate of drug-likeness (QED) is 0.796. The first-order chi connectivity index (χ1) is 9.13. The molecule has 0 bridgehead atoms. The summed E-state index contributed by atoms with van der Waals surface area (Å²) in [6, 6.07) is 7.88. The van der Waals surface area contributed by atoms with E-state index in [1.807, 2.05) is 40.2 Å². The van der Waals surface area contributed by atoms with Crippen LogP contribution in [0.4, 0.5) is 0 Å². The topological polar surface area (TPSA) is 54.6 Å². The Morgan fingerprint density at radius 2 is 2.11 bits per heavy atom. The molecular weight excluding hydrogens is 328 g/mol. The first-order valence-electron chi connectivity index (χ1n) is 5.56. The lowest BCUT2D eigenvalue weighted by molar-refractivity contribution is -0.136. The SMILES string of the molecule is O=C(O)Cc1csc2nc(-c3ccc(Br)cc3)cn12. The van der Waals surface area contributed by atoms with E-state index >= 15 is 0 Å². The summed E-state index contributed by atoms with van der Waals surface area (Å²) >= 11 is 4.85. The van der Waals surface area contributed by atoms with Crippen molar-refractivity contribution < 1.29 is 9.90 Å². The molecular formula is C13H9BrN2O2S. The monoisotopic (exact) mass is 336 g/mol. The van der Waals surface area contributed by atoms with E-state index < -0.39 is 5.97 Å². The number of thiazole rings is 1. The van der Waals surface area contributed by atoms with E-state index in [2.05, 4.69) is 20.9 Å². The van der Waals surface area contributed by atoms with Crippen LogP contribution in [0.25, 0.3) is 16.2 Å². The van der Waals surface area contributed by atoms with E-state index in [4.69, 9.17) is 5.11 Å². The minimum Gasteiger partial charge on any atom is -0.481 e. The lowest BCUT2D eigenvalue weighted by atomic mass is 10.2. The Bertz CT molecular complexity index is 746. The smallest absolute Gasteiger partial charge is 0.309 e. The van der Waals surface area contributed by atoms with Crippen LogP contribution in [0.5, 0.6) is 0 Å². The number of aromatic nitrogens is 2. The van der Waals surface area contributed by atoms with Gasteiger partial charge in [-0.05, 0) is 12.1 Å². The van der Waals surface area contributed by atoms with Crippen molar-refractivity contribution in [2.24, 2.45) is 0 Å². The fraction of sp³-hybridized carbons (Fsp3) is 0.0769. The third-order valence-electron chi connectivity index (χ3n) is 2.76. The molecule has 0 aliphatic carbocycles. The Morgan fingerprint density at radius 1 is 1.37 bits per heavy atom. The highest BCUT2D eigenvalue weighted by Gasteiger charge is 2.11. The molecule has 0 radical (unpaired) electrons. The Morgan fingerprint density at radius 3 is 2.79 bits per heavy atom. The molecule has 96 valence electrons. The molecule has 2 heterocycles. The van der Waals surface area contributed by atoms with Crippen LogP contribution in [-0.2, 0) is 11.2 Å². The van der Waals surface area contributed by atoms with Gasteiger partial charge >= 0.3 is 5.97 Å². The maximum Gasteiger partial charge on any atom is 0.309 e. The van der Waals surface area contributed by atoms with E-state index in [1.165, 1.54) is 11.3 Å². The molecule has 0 saturated carbocycles. The average Bonchev–Trinajstić information content (AvgIpc) is 2.92. The summed E-state index contributed by atoms with van der Waals surface area (Å²) in [6.07, 6.45) is 1.89. The van der Waals surface area contributed by atoms with Crippen molar-refractivity contribution in [2.45, 2.75) is 6.42 Å². The molecule has 3 aromatic rings. The second-order valence-electron chi connectivity index (χ2n) is 4.08. The molecule has 6 heteroatoms. The second-order valence-corrected chi connectivity index (χ2v) is 5.84. The Hall–Kier alpha value is -1.66. The maximum absolute atomic E-state index is 10.8. The van der Waals surface area contributed by atoms with Crippen LogP contribution in [0, 0.1) is 0 Å². The molecule has 3 rings (SSSR count). The summed E-state index contributed by atoms with van der Waals surface area (Å²) in [7, 11) is 0. The number of rotatable bonds is 3. The molecule has 0 atom stereocenters. The third-order valence-corrected chi connectivity index (χ3v) is 4.17. The fourth-order valence-corrected chi connectivity index (χ4v) is 3.01. The van der Waals surface area contributed by atoms with Gasteiger partial charge in [0.25, 0.3) is 0 Å². The van der Waals surface area contributed by atoms with Crippen molar-refractivity contribution in [1.29, 1.82) is 0 Å². The molecule has 0 aliphatic rings. The first-order valence-corrected chi connectivity index (χ1v) is 7.24. The van der Waals surface area contributed by atoms with Gasteiger partial charge in [-0.1, -0.05) is 28.1 Å². The third kappa shape index (κ3) is 2.41. The van der Waals surface area contributed by atoms with Crippen molar-refractivity contribution in [1.82, 2.24) is 9.38 Å². The average molecular weight is 337 g/mol. The molecule has 0 spiro atoms. The molecule has 0 amide bonds. The van der Waals surface area contributed by atoms with Crippen molar-refractivity contribution in [2.75, 3.05) is 0 Å². The van der Waals surface area contributed by atoms with Gasteiger partial charge in [-0.25, -0.2) is 4.98 Å². The zero-order valence-electron chi connectivity index (χ0n) is 9.71. The Kier molecular flexibility index (Phi) is 3.12. The number of carboxylic acids is 1. The van der Waals surface area contributed by atoms with Crippen molar-refractivity contribution in [3.8, 4) is 11.3 Å². The Balaban J connectivity index is 2.04. The largest absolute Gasteiger partial charge is 0.481 e. The molecule has 0 saturated heterocycles. The molecule has 1 aromatic carbocycles. The molecule has 2 aromatic heterocycles. The van der Waals surface area contributed by atoms with Crippen LogP contribution >= 0.6 is 27.3 Å². The number of carboxylic acid groups (broad SMARTS) is 1. The van der Waals surface area contributed by atoms with Gasteiger partial charge in [0, 0.05) is 27.3 Å². The van der Waals surface area contributed by atoms with Crippen LogP contribution in [0.2, 0.25) is 0 Å². The van der Waals surface area contributed by atoms with Crippen molar-refractivity contribution in [3.63, 3.8) is 0 Å². The Labute approximate surface area is 121 Å². The summed E-state index contributed by atoms with van der Waals surface area (Å²) in [6.45, 7) is 0. The number of hydrogen-bond acceptors (Lipinski definition) is 3. The number of fused-ring (bicyclic) bond motifs is 1. The normalized spacial score (nSPS) is 11.0. The van der Waals surface area contributed by atoms with Gasteiger partial charge in [-0.3, -0.25) is 9.20 Å². The van der Waals surface area contributed by atoms with E-state index in [9.17, 15) is 4.79 Å². The van der Waals surface area contributed by atoms with Crippen molar-refractivity contribution in [3.05, 3.63) is 46.0 Å². The molecule has 1 N–H and O–H groups in total. The number of halogens is 1. The van der Waals surface area contributed by atoms with E-state index in [0.717, 1.165) is 26.4 Å². The van der Waals surface area contributed by atoms with Gasteiger partial charge in [0.1, 0.15) is 0 Å². The zero-order chi connectivity index (χ0) is 13.4. The van der Waals surface area contributed by atoms with E-state index in [-0.39, 0.29) is 6.42 Å². The van der Waals surface area contributed by atoms with Crippen LogP contribution in [-0.4, -0.2) is 20.5 Å². The predicted molar refractivity (Wildman–Crippen MR) is 77.5 cm³/mol. The van der Waals surface area contributed by atoms with Gasteiger partial charge in [0.05, 0.1) is 12.1 Å². The van der Waals surface area contributed by atoms with Gasteiger partial charge in [-0.15, -0.1) is 11.3 Å². The number of benzene rings is 1. The van der Waals surface area contributed by atoms with E-state index in [1.54, 1.807) is 0 Å². The van der Waals surface area contributed by atoms with Gasteiger partial charge in [0.15, 0.2) is 4.96 Å². The molecule has 0 aliphatic heterocycles. The number of nitrogens with zero attached hydrogens (tertiary/aromatic N) is 2. The van der Waals surface area contributed by atoms with Crippen LogP contribution in [0.3, 0.4) is 0 Å². The van der Waals surface area contributed by atoms with Crippen molar-refractivity contribution >= 4 is 38.2 Å². The van der Waals surface area contributed by atoms with Crippen LogP contribution in [0.15, 0.2) is 40.3 Å². The lowest BCUT2D eigenvalue weighted by Crippen LogP contribution is -2.02. The van der Waals surface area contributed by atoms with Gasteiger partial charge < -0.3 is 5.11 Å². The standard InChI is InChI=1S/C13H9BrN2O2S/c14-9-3-1-8(2-4-9)11-6-16-10(5-12(17)18)7-19-13(16)15-11/h1-4,6-7H,5H2,(H,17,18). The summed E-state index contributed by atoms with van der Waals surface area (Å²) in [4.78, 5) is 16.1. The van der Waals surface area contributed by atoms with Gasteiger partial charge in [-0.2, -0.15) is 0 Å². The van der Waals surface area contributed by atoms with Crippen LogP contribution < -0.4 is 0 Å². The first kappa shape index (κ1) is 12.4. The van der Waals surface area contributed by atoms with E-state index in [0.29, 0.717) is 0 Å². The fourth-order valence-electron chi connectivity index (χ4n) is 1.87. The minimum atomic E-state index is -0.835. The highest BCUT2D eigenvalue weighted by molar-refractivity contribution is 9.10. The summed E-state index contributed by atoms with van der Waals surface area (Å²) in [5.41, 5.74) is 2.62. The molecule has 19 heavy (non-hydrogen) atoms. The minimum absolute atomic E-state index is 0.0101. The predicted octanol–water partition coefficient (Wildman–Crippen LogP) is 3.45. The lowest BCUT2D eigenvalue weighted by Gasteiger charge is -1.96. The summed E-state index contributed by atoms with van der Waals surface area (Å²) in [5, 5.41) is 10.7. The second kappa shape index (κ2) is 4.79. The highest BCUT2D eigenvalue weighted by atomic mass is 79.9. The summed E-state index contributed by atoms with van der Waals surface area (Å²) < 4.78 is 2.86. The highest BCUT2D eigenvalue weighted by Crippen LogP contribution is 2.25. The summed E-state index contributed by atoms with van der Waals surface area (Å²) in [5.74, 6) is -0.835. The number of aliphatic carboxylic acids is 1. The van der Waals surface area contributed by atoms with Crippen LogP contribution in [0.1, 0.15) is 5.69 Å². The maximum atomic E-state index is 10.8. The molecule has 0 unspecified atom stereocenters. The number of imidazole rings is 1. The van der Waals surface area contributed by atoms with Gasteiger partial charge in [0.2, 0.25) is 0 Å². The number of carbonyl (C=O) groups is 1.